The summed E-state index contributed by atoms with van der Waals surface area (Å²) in [6, 6.07) is 0.260. The summed E-state index contributed by atoms with van der Waals surface area (Å²) >= 11 is 0. The van der Waals surface area contributed by atoms with Crippen LogP contribution in [0.15, 0.2) is 6.20 Å². The topological polar surface area (TPSA) is 75.9 Å². The van der Waals surface area contributed by atoms with Crippen LogP contribution in [-0.2, 0) is 0 Å². The fourth-order valence-electron chi connectivity index (χ4n) is 2.80. The van der Waals surface area contributed by atoms with Gasteiger partial charge in [-0.25, -0.2) is 15.2 Å². The van der Waals surface area contributed by atoms with Gasteiger partial charge in [-0.2, -0.15) is 4.98 Å². The lowest BCUT2D eigenvalue weighted by molar-refractivity contribution is 0.312. The van der Waals surface area contributed by atoms with Crippen molar-refractivity contribution in [1.29, 1.82) is 0 Å². The molecule has 0 spiro atoms. The first-order valence-electron chi connectivity index (χ1n) is 7.00. The minimum absolute atomic E-state index is 0.224. The van der Waals surface area contributed by atoms with E-state index in [1.807, 2.05) is 0 Å². The number of rotatable bonds is 5. The first-order valence-corrected chi connectivity index (χ1v) is 7.00. The van der Waals surface area contributed by atoms with Crippen molar-refractivity contribution in [1.82, 2.24) is 9.97 Å². The summed E-state index contributed by atoms with van der Waals surface area (Å²) in [7, 11) is 0. The van der Waals surface area contributed by atoms with Crippen LogP contribution in [0.2, 0.25) is 0 Å². The third-order valence-electron chi connectivity index (χ3n) is 3.85. The number of halogens is 1. The Morgan fingerprint density at radius 1 is 1.42 bits per heavy atom. The Morgan fingerprint density at radius 3 is 2.79 bits per heavy atom. The van der Waals surface area contributed by atoms with Crippen LogP contribution in [0, 0.1) is 11.7 Å². The molecule has 0 amide bonds. The average molecular weight is 267 g/mol. The van der Waals surface area contributed by atoms with E-state index in [1.54, 1.807) is 0 Å². The fourth-order valence-corrected chi connectivity index (χ4v) is 2.80. The summed E-state index contributed by atoms with van der Waals surface area (Å²) < 4.78 is 13.7. The molecule has 106 valence electrons. The van der Waals surface area contributed by atoms with Crippen molar-refractivity contribution in [3.05, 3.63) is 12.0 Å². The second-order valence-electron chi connectivity index (χ2n) is 5.09. The van der Waals surface area contributed by atoms with Gasteiger partial charge < -0.3 is 5.32 Å². The normalized spacial score (nSPS) is 18.1. The Labute approximate surface area is 113 Å². The van der Waals surface area contributed by atoms with Crippen molar-refractivity contribution in [2.75, 3.05) is 10.7 Å². The van der Waals surface area contributed by atoms with Gasteiger partial charge in [-0.05, 0) is 25.2 Å². The second-order valence-corrected chi connectivity index (χ2v) is 5.09. The molecule has 1 aliphatic rings. The predicted molar refractivity (Wildman–Crippen MR) is 74.1 cm³/mol. The molecule has 1 fully saturated rings. The number of nitrogen functional groups attached to an aromatic ring is 1. The van der Waals surface area contributed by atoms with Crippen LogP contribution in [0.4, 0.5) is 16.2 Å². The Kier molecular flexibility index (Phi) is 4.90. The van der Waals surface area contributed by atoms with Crippen molar-refractivity contribution >= 4 is 11.8 Å². The van der Waals surface area contributed by atoms with Gasteiger partial charge in [-0.3, -0.25) is 5.43 Å². The number of nitrogens with one attached hydrogen (secondary N) is 2. The van der Waals surface area contributed by atoms with Crippen molar-refractivity contribution in [2.45, 2.75) is 51.5 Å². The maximum absolute atomic E-state index is 13.7. The van der Waals surface area contributed by atoms with E-state index < -0.39 is 5.82 Å². The number of aromatic nitrogens is 2. The summed E-state index contributed by atoms with van der Waals surface area (Å²) in [5.41, 5.74) is 2.34. The molecule has 0 radical (unpaired) electrons. The van der Waals surface area contributed by atoms with E-state index in [0.717, 1.165) is 12.6 Å². The van der Waals surface area contributed by atoms with Crippen molar-refractivity contribution in [3.8, 4) is 0 Å². The SMILES string of the molecule is CCC(Nc1nc(NN)ncc1F)C1CCCCC1. The van der Waals surface area contributed by atoms with E-state index in [2.05, 4.69) is 27.6 Å². The Morgan fingerprint density at radius 2 is 2.16 bits per heavy atom. The molecular formula is C13H22FN5. The maximum atomic E-state index is 13.7. The first-order chi connectivity index (χ1) is 9.24. The highest BCUT2D eigenvalue weighted by atomic mass is 19.1. The van der Waals surface area contributed by atoms with E-state index >= 15 is 0 Å². The minimum atomic E-state index is -0.437. The lowest BCUT2D eigenvalue weighted by Gasteiger charge is -2.30. The largest absolute Gasteiger partial charge is 0.364 e. The zero-order valence-corrected chi connectivity index (χ0v) is 11.3. The summed E-state index contributed by atoms with van der Waals surface area (Å²) in [6.07, 6.45) is 8.36. The molecule has 1 unspecified atom stereocenters. The number of hydrogen-bond donors (Lipinski definition) is 3. The molecule has 5 nitrogen and oxygen atoms in total. The molecule has 1 heterocycles. The Hall–Kier alpha value is -1.43. The zero-order valence-electron chi connectivity index (χ0n) is 11.3. The molecule has 19 heavy (non-hydrogen) atoms. The lowest BCUT2D eigenvalue weighted by Crippen LogP contribution is -2.31. The van der Waals surface area contributed by atoms with Gasteiger partial charge in [0.05, 0.1) is 6.20 Å². The molecule has 4 N–H and O–H groups in total. The quantitative estimate of drug-likeness (QED) is 0.565. The molecule has 1 saturated carbocycles. The van der Waals surface area contributed by atoms with E-state index in [4.69, 9.17) is 5.84 Å². The zero-order chi connectivity index (χ0) is 13.7. The molecule has 0 saturated heterocycles. The standard InChI is InChI=1S/C13H22FN5/c1-2-11(9-6-4-3-5-7-9)17-12-10(14)8-16-13(18-12)19-15/h8-9,11H,2-7,15H2,1H3,(H2,16,17,18,19). The smallest absolute Gasteiger partial charge is 0.239 e. The second kappa shape index (κ2) is 6.65. The number of hydrogen-bond acceptors (Lipinski definition) is 5. The van der Waals surface area contributed by atoms with Gasteiger partial charge in [0.25, 0.3) is 0 Å². The summed E-state index contributed by atoms with van der Waals surface area (Å²) in [4.78, 5) is 7.78. The predicted octanol–water partition coefficient (Wildman–Crippen LogP) is 2.67. The van der Waals surface area contributed by atoms with Gasteiger partial charge >= 0.3 is 0 Å². The van der Waals surface area contributed by atoms with Crippen LogP contribution in [0.5, 0.6) is 0 Å². The van der Waals surface area contributed by atoms with Crippen molar-refractivity contribution in [3.63, 3.8) is 0 Å². The van der Waals surface area contributed by atoms with Crippen molar-refractivity contribution < 1.29 is 4.39 Å². The van der Waals surface area contributed by atoms with Crippen LogP contribution in [0.1, 0.15) is 45.4 Å². The molecule has 1 atom stereocenters. The molecule has 0 aromatic carbocycles. The summed E-state index contributed by atoms with van der Waals surface area (Å²) in [5.74, 6) is 5.87. The van der Waals surface area contributed by atoms with Crippen LogP contribution in [-0.4, -0.2) is 16.0 Å². The number of nitrogens with zero attached hydrogens (tertiary/aromatic N) is 2. The molecule has 0 aliphatic heterocycles. The number of hydrazine groups is 1. The summed E-state index contributed by atoms with van der Waals surface area (Å²) in [5, 5.41) is 3.22. The molecule has 1 aromatic heterocycles. The minimum Gasteiger partial charge on any atom is -0.364 e. The average Bonchev–Trinajstić information content (AvgIpc) is 2.47. The van der Waals surface area contributed by atoms with Crippen molar-refractivity contribution in [2.24, 2.45) is 11.8 Å². The van der Waals surface area contributed by atoms with Gasteiger partial charge in [0.1, 0.15) is 0 Å². The third-order valence-corrected chi connectivity index (χ3v) is 3.85. The number of nitrogens with two attached hydrogens (primary N) is 1. The van der Waals surface area contributed by atoms with Gasteiger partial charge in [0.15, 0.2) is 11.6 Å². The van der Waals surface area contributed by atoms with Gasteiger partial charge in [-0.1, -0.05) is 26.2 Å². The van der Waals surface area contributed by atoms with Crippen LogP contribution in [0.25, 0.3) is 0 Å². The maximum Gasteiger partial charge on any atom is 0.239 e. The summed E-state index contributed by atoms with van der Waals surface area (Å²) in [6.45, 7) is 2.12. The van der Waals surface area contributed by atoms with Gasteiger partial charge in [0, 0.05) is 6.04 Å². The molecule has 0 bridgehead atoms. The molecule has 6 heteroatoms. The molecule has 1 aliphatic carbocycles. The molecule has 2 rings (SSSR count). The van der Waals surface area contributed by atoms with E-state index in [1.165, 1.54) is 32.1 Å². The van der Waals surface area contributed by atoms with E-state index in [0.29, 0.717) is 5.92 Å². The van der Waals surface area contributed by atoms with E-state index in [9.17, 15) is 4.39 Å². The van der Waals surface area contributed by atoms with Crippen LogP contribution < -0.4 is 16.6 Å². The van der Waals surface area contributed by atoms with Gasteiger partial charge in [-0.15, -0.1) is 0 Å². The first kappa shape index (κ1) is 14.0. The molecular weight excluding hydrogens is 245 g/mol. The highest BCUT2D eigenvalue weighted by Crippen LogP contribution is 2.29. The highest BCUT2D eigenvalue weighted by molar-refractivity contribution is 5.41. The monoisotopic (exact) mass is 267 g/mol. The molecule has 1 aromatic rings. The Balaban J connectivity index is 2.08. The van der Waals surface area contributed by atoms with Crippen LogP contribution in [0.3, 0.4) is 0 Å². The van der Waals surface area contributed by atoms with Gasteiger partial charge in [0.2, 0.25) is 5.95 Å². The fraction of sp³-hybridized carbons (Fsp3) is 0.692. The Bertz CT molecular complexity index is 406. The number of anilines is 2. The van der Waals surface area contributed by atoms with Crippen LogP contribution >= 0.6 is 0 Å². The highest BCUT2D eigenvalue weighted by Gasteiger charge is 2.23. The lowest BCUT2D eigenvalue weighted by atomic mass is 9.83. The third kappa shape index (κ3) is 3.53. The van der Waals surface area contributed by atoms with E-state index in [-0.39, 0.29) is 17.8 Å².